The number of carbonyl (C=O) groups is 2. The van der Waals surface area contributed by atoms with E-state index in [0.717, 1.165) is 24.8 Å². The summed E-state index contributed by atoms with van der Waals surface area (Å²) in [5, 5.41) is 11.7. The van der Waals surface area contributed by atoms with Gasteiger partial charge in [-0.15, -0.1) is 0 Å². The number of hydrogen-bond acceptors (Lipinski definition) is 3. The number of amides is 1. The van der Waals surface area contributed by atoms with Gasteiger partial charge in [0.2, 0.25) is 5.91 Å². The molecular formula is C14H19ClN2O3. The zero-order valence-electron chi connectivity index (χ0n) is 11.3. The number of carbonyl (C=O) groups excluding carboxylic acids is 1. The molecule has 1 heterocycles. The van der Waals surface area contributed by atoms with Crippen LogP contribution in [0.3, 0.4) is 0 Å². The number of unbranched alkanes of at least 4 members (excludes halogenated alkanes) is 1. The van der Waals surface area contributed by atoms with E-state index in [-0.39, 0.29) is 18.7 Å². The van der Waals surface area contributed by atoms with Crippen LogP contribution < -0.4 is 5.32 Å². The zero-order valence-corrected chi connectivity index (χ0v) is 12.0. The molecule has 5 nitrogen and oxygen atoms in total. The van der Waals surface area contributed by atoms with Crippen molar-refractivity contribution in [2.45, 2.75) is 38.5 Å². The van der Waals surface area contributed by atoms with Gasteiger partial charge in [-0.25, -0.2) is 4.98 Å². The summed E-state index contributed by atoms with van der Waals surface area (Å²) in [4.78, 5) is 25.7. The number of aryl methyl sites for hydroxylation is 1. The van der Waals surface area contributed by atoms with Crippen molar-refractivity contribution in [1.29, 1.82) is 0 Å². The lowest BCUT2D eigenvalue weighted by Gasteiger charge is -2.05. The van der Waals surface area contributed by atoms with Gasteiger partial charge >= 0.3 is 5.97 Å². The van der Waals surface area contributed by atoms with Gasteiger partial charge in [-0.3, -0.25) is 9.59 Å². The van der Waals surface area contributed by atoms with Gasteiger partial charge in [-0.1, -0.05) is 17.7 Å². The fraction of sp³-hybridized carbons (Fsp3) is 0.500. The van der Waals surface area contributed by atoms with Crippen LogP contribution in [0.25, 0.3) is 0 Å². The van der Waals surface area contributed by atoms with Crippen molar-refractivity contribution < 1.29 is 14.7 Å². The predicted molar refractivity (Wildman–Crippen MR) is 76.7 cm³/mol. The van der Waals surface area contributed by atoms with Crippen molar-refractivity contribution in [3.8, 4) is 0 Å². The van der Waals surface area contributed by atoms with E-state index in [1.54, 1.807) is 12.3 Å². The van der Waals surface area contributed by atoms with Crippen LogP contribution >= 0.6 is 11.6 Å². The molecule has 0 spiro atoms. The summed E-state index contributed by atoms with van der Waals surface area (Å²) in [5.41, 5.74) is 1.13. The molecule has 0 atom stereocenters. The highest BCUT2D eigenvalue weighted by atomic mass is 35.5. The lowest BCUT2D eigenvalue weighted by atomic mass is 10.1. The topological polar surface area (TPSA) is 79.3 Å². The highest BCUT2D eigenvalue weighted by molar-refractivity contribution is 6.29. The Labute approximate surface area is 123 Å². The summed E-state index contributed by atoms with van der Waals surface area (Å²) in [6, 6.07) is 3.71. The number of halogens is 1. The Morgan fingerprint density at radius 2 is 2.00 bits per heavy atom. The van der Waals surface area contributed by atoms with Crippen LogP contribution in [0.2, 0.25) is 5.15 Å². The lowest BCUT2D eigenvalue weighted by Crippen LogP contribution is -2.24. The molecule has 0 unspecified atom stereocenters. The van der Waals surface area contributed by atoms with Crippen LogP contribution in [0, 0.1) is 0 Å². The van der Waals surface area contributed by atoms with Crippen LogP contribution in [-0.4, -0.2) is 28.5 Å². The third-order valence-corrected chi connectivity index (χ3v) is 3.02. The average molecular weight is 299 g/mol. The molecule has 1 aromatic heterocycles. The van der Waals surface area contributed by atoms with Gasteiger partial charge < -0.3 is 10.4 Å². The van der Waals surface area contributed by atoms with Crippen LogP contribution in [0.4, 0.5) is 0 Å². The molecular weight excluding hydrogens is 280 g/mol. The van der Waals surface area contributed by atoms with Gasteiger partial charge in [0.05, 0.1) is 0 Å². The molecule has 0 aliphatic carbocycles. The molecule has 0 aliphatic heterocycles. The van der Waals surface area contributed by atoms with Crippen LogP contribution in [0.15, 0.2) is 18.3 Å². The van der Waals surface area contributed by atoms with Crippen molar-refractivity contribution >= 4 is 23.5 Å². The lowest BCUT2D eigenvalue weighted by molar-refractivity contribution is -0.137. The van der Waals surface area contributed by atoms with E-state index in [9.17, 15) is 9.59 Å². The fourth-order valence-corrected chi connectivity index (χ4v) is 1.84. The maximum Gasteiger partial charge on any atom is 0.303 e. The summed E-state index contributed by atoms with van der Waals surface area (Å²) in [5.74, 6) is -0.950. The quantitative estimate of drug-likeness (QED) is 0.542. The number of carboxylic acid groups (broad SMARTS) is 1. The second-order valence-corrected chi connectivity index (χ2v) is 4.93. The van der Waals surface area contributed by atoms with Crippen LogP contribution in [0.1, 0.15) is 37.7 Å². The number of nitrogens with zero attached hydrogens (tertiary/aromatic N) is 1. The molecule has 1 rings (SSSR count). The Hall–Kier alpha value is -1.62. The zero-order chi connectivity index (χ0) is 14.8. The monoisotopic (exact) mass is 298 g/mol. The smallest absolute Gasteiger partial charge is 0.303 e. The van der Waals surface area contributed by atoms with Gasteiger partial charge in [0, 0.05) is 25.6 Å². The maximum atomic E-state index is 11.4. The average Bonchev–Trinajstić information content (AvgIpc) is 2.40. The maximum absolute atomic E-state index is 11.4. The molecule has 0 saturated heterocycles. The molecule has 0 fully saturated rings. The van der Waals surface area contributed by atoms with Gasteiger partial charge in [-0.2, -0.15) is 0 Å². The van der Waals surface area contributed by atoms with Crippen molar-refractivity contribution in [2.24, 2.45) is 0 Å². The molecule has 0 aliphatic rings. The molecule has 1 aromatic rings. The molecule has 0 aromatic carbocycles. The van der Waals surface area contributed by atoms with Crippen molar-refractivity contribution in [1.82, 2.24) is 10.3 Å². The number of rotatable bonds is 9. The van der Waals surface area contributed by atoms with E-state index in [1.165, 1.54) is 0 Å². The van der Waals surface area contributed by atoms with Gasteiger partial charge in [0.15, 0.2) is 0 Å². The van der Waals surface area contributed by atoms with E-state index in [0.29, 0.717) is 18.1 Å². The Morgan fingerprint density at radius 3 is 2.65 bits per heavy atom. The van der Waals surface area contributed by atoms with Gasteiger partial charge in [0.25, 0.3) is 0 Å². The van der Waals surface area contributed by atoms with E-state index in [2.05, 4.69) is 10.3 Å². The minimum Gasteiger partial charge on any atom is -0.481 e. The first kappa shape index (κ1) is 16.4. The van der Waals surface area contributed by atoms with Crippen molar-refractivity contribution in [3.63, 3.8) is 0 Å². The summed E-state index contributed by atoms with van der Waals surface area (Å²) in [7, 11) is 0. The van der Waals surface area contributed by atoms with Crippen molar-refractivity contribution in [3.05, 3.63) is 29.0 Å². The molecule has 0 radical (unpaired) electrons. The summed E-state index contributed by atoms with van der Waals surface area (Å²) in [6.07, 6.45) is 5.19. The van der Waals surface area contributed by atoms with E-state index in [1.807, 2.05) is 6.07 Å². The van der Waals surface area contributed by atoms with Crippen LogP contribution in [0.5, 0.6) is 0 Å². The number of pyridine rings is 1. The molecule has 2 N–H and O–H groups in total. The summed E-state index contributed by atoms with van der Waals surface area (Å²) < 4.78 is 0. The first-order valence-corrected chi connectivity index (χ1v) is 7.04. The second-order valence-electron chi connectivity index (χ2n) is 4.54. The summed E-state index contributed by atoms with van der Waals surface area (Å²) >= 11 is 5.70. The highest BCUT2D eigenvalue weighted by Crippen LogP contribution is 2.08. The summed E-state index contributed by atoms with van der Waals surface area (Å²) in [6.45, 7) is 0.618. The number of nitrogens with one attached hydrogen (secondary N) is 1. The molecule has 20 heavy (non-hydrogen) atoms. The predicted octanol–water partition coefficient (Wildman–Crippen LogP) is 2.43. The first-order chi connectivity index (χ1) is 9.58. The minimum absolute atomic E-state index is 0.0387. The van der Waals surface area contributed by atoms with E-state index < -0.39 is 5.97 Å². The number of hydrogen-bond donors (Lipinski definition) is 2. The Morgan fingerprint density at radius 1 is 1.20 bits per heavy atom. The Balaban J connectivity index is 2.02. The third kappa shape index (κ3) is 7.74. The van der Waals surface area contributed by atoms with E-state index in [4.69, 9.17) is 16.7 Å². The molecule has 110 valence electrons. The first-order valence-electron chi connectivity index (χ1n) is 6.67. The number of aromatic nitrogens is 1. The SMILES string of the molecule is O=C(O)CCCC(=O)NCCCCc1ccc(Cl)nc1. The van der Waals surface area contributed by atoms with E-state index >= 15 is 0 Å². The van der Waals surface area contributed by atoms with Crippen LogP contribution in [-0.2, 0) is 16.0 Å². The standard InChI is InChI=1S/C14H19ClN2O3/c15-12-8-7-11(10-17-12)4-1-2-9-16-13(18)5-3-6-14(19)20/h7-8,10H,1-6,9H2,(H,16,18)(H,19,20). The molecule has 0 saturated carbocycles. The van der Waals surface area contributed by atoms with Gasteiger partial charge in [-0.05, 0) is 37.3 Å². The third-order valence-electron chi connectivity index (χ3n) is 2.80. The van der Waals surface area contributed by atoms with Crippen molar-refractivity contribution in [2.75, 3.05) is 6.54 Å². The Bertz CT molecular complexity index is 435. The van der Waals surface area contributed by atoms with Gasteiger partial charge in [0.1, 0.15) is 5.15 Å². The molecule has 0 bridgehead atoms. The second kappa shape index (κ2) is 9.31. The normalized spacial score (nSPS) is 10.2. The largest absolute Gasteiger partial charge is 0.481 e. The number of carboxylic acids is 1. The Kier molecular flexibility index (Phi) is 7.65. The molecule has 6 heteroatoms. The number of aliphatic carboxylic acids is 1. The highest BCUT2D eigenvalue weighted by Gasteiger charge is 2.03. The molecule has 1 amide bonds. The fourth-order valence-electron chi connectivity index (χ4n) is 1.72. The minimum atomic E-state index is -0.866.